The molecule has 2 heterocycles. The molecule has 0 N–H and O–H groups in total. The molecule has 2 aromatic carbocycles. The molecule has 4 rings (SSSR count). The molecule has 25 heavy (non-hydrogen) atoms. The summed E-state index contributed by atoms with van der Waals surface area (Å²) >= 11 is 5.10. The lowest BCUT2D eigenvalue weighted by Gasteiger charge is -2.34. The molecule has 2 aliphatic rings. The maximum Gasteiger partial charge on any atom is 0.338 e. The number of esters is 1. The molecule has 1 unspecified atom stereocenters. The van der Waals surface area contributed by atoms with Crippen LogP contribution in [-0.2, 0) is 9.53 Å². The van der Waals surface area contributed by atoms with Crippen LogP contribution in [0.1, 0.15) is 18.5 Å². The van der Waals surface area contributed by atoms with E-state index in [1.54, 1.807) is 11.8 Å². The molecule has 1 atom stereocenters. The molecular weight excluding hydrogens is 400 g/mol. The Balaban J connectivity index is 1.92. The van der Waals surface area contributed by atoms with Gasteiger partial charge in [0.2, 0.25) is 0 Å². The molecule has 126 valence electrons. The molecule has 0 saturated heterocycles. The first-order valence-corrected chi connectivity index (χ1v) is 9.40. The standard InChI is InChI=1S/C19H15BrN2O2S/c1-11-16(18(23)24-2)17(12-7-9-13(20)10-8-12)22-14-5-3-4-6-15(14)25-19(22)21-11/h3-10,17H,1-2H3. The number of carbonyl (C=O) groups is 1. The fraction of sp³-hybridized carbons (Fsp3) is 0.158. The van der Waals surface area contributed by atoms with E-state index in [0.717, 1.165) is 25.8 Å². The van der Waals surface area contributed by atoms with E-state index < -0.39 is 0 Å². The molecule has 0 fully saturated rings. The summed E-state index contributed by atoms with van der Waals surface area (Å²) in [6, 6.07) is 15.9. The van der Waals surface area contributed by atoms with Crippen LogP contribution < -0.4 is 4.90 Å². The van der Waals surface area contributed by atoms with Crippen LogP contribution in [0.2, 0.25) is 0 Å². The molecule has 2 aromatic rings. The highest BCUT2D eigenvalue weighted by Crippen LogP contribution is 2.49. The third kappa shape index (κ3) is 2.69. The van der Waals surface area contributed by atoms with Gasteiger partial charge in [-0.3, -0.25) is 0 Å². The topological polar surface area (TPSA) is 41.9 Å². The minimum absolute atomic E-state index is 0.260. The zero-order valence-corrected chi connectivity index (χ0v) is 16.1. The van der Waals surface area contributed by atoms with Gasteiger partial charge in [-0.15, -0.1) is 0 Å². The Morgan fingerprint density at radius 1 is 1.20 bits per heavy atom. The number of benzene rings is 2. The van der Waals surface area contributed by atoms with Crippen molar-refractivity contribution in [1.82, 2.24) is 0 Å². The summed E-state index contributed by atoms with van der Waals surface area (Å²) < 4.78 is 6.06. The number of rotatable bonds is 2. The van der Waals surface area contributed by atoms with E-state index in [0.29, 0.717) is 11.3 Å². The van der Waals surface area contributed by atoms with E-state index in [9.17, 15) is 4.79 Å². The number of para-hydroxylation sites is 1. The lowest BCUT2D eigenvalue weighted by atomic mass is 9.94. The first-order chi connectivity index (χ1) is 12.1. The van der Waals surface area contributed by atoms with Crippen molar-refractivity contribution in [2.45, 2.75) is 17.9 Å². The molecule has 0 spiro atoms. The summed E-state index contributed by atoms with van der Waals surface area (Å²) in [5.74, 6) is -0.345. The first-order valence-electron chi connectivity index (χ1n) is 7.79. The Morgan fingerprint density at radius 2 is 1.92 bits per heavy atom. The Hall–Kier alpha value is -2.05. The van der Waals surface area contributed by atoms with Crippen LogP contribution in [0.15, 0.2) is 74.2 Å². The number of halogens is 1. The van der Waals surface area contributed by atoms with Gasteiger partial charge in [-0.2, -0.15) is 0 Å². The molecule has 0 radical (unpaired) electrons. The van der Waals surface area contributed by atoms with Crippen LogP contribution in [0.25, 0.3) is 0 Å². The van der Waals surface area contributed by atoms with Crippen molar-refractivity contribution < 1.29 is 9.53 Å². The minimum atomic E-state index is -0.345. The van der Waals surface area contributed by atoms with Crippen molar-refractivity contribution in [3.63, 3.8) is 0 Å². The van der Waals surface area contributed by atoms with Crippen LogP contribution in [0.3, 0.4) is 0 Å². The Morgan fingerprint density at radius 3 is 2.64 bits per heavy atom. The zero-order chi connectivity index (χ0) is 17.6. The van der Waals surface area contributed by atoms with Crippen molar-refractivity contribution in [2.24, 2.45) is 4.99 Å². The van der Waals surface area contributed by atoms with Crippen molar-refractivity contribution in [3.05, 3.63) is 69.8 Å². The van der Waals surface area contributed by atoms with Gasteiger partial charge in [0.1, 0.15) is 0 Å². The van der Waals surface area contributed by atoms with Crippen LogP contribution >= 0.6 is 27.7 Å². The fourth-order valence-electron chi connectivity index (χ4n) is 3.18. The van der Waals surface area contributed by atoms with Gasteiger partial charge in [-0.1, -0.05) is 40.2 Å². The van der Waals surface area contributed by atoms with Gasteiger partial charge in [0.05, 0.1) is 30.1 Å². The van der Waals surface area contributed by atoms with E-state index in [4.69, 9.17) is 4.74 Å². The van der Waals surface area contributed by atoms with Gasteiger partial charge in [-0.25, -0.2) is 9.79 Å². The number of carbonyl (C=O) groups excluding carboxylic acids is 1. The van der Waals surface area contributed by atoms with E-state index in [2.05, 4.69) is 38.0 Å². The van der Waals surface area contributed by atoms with E-state index in [1.807, 2.05) is 43.3 Å². The number of anilines is 1. The normalized spacial score (nSPS) is 18.6. The summed E-state index contributed by atoms with van der Waals surface area (Å²) in [4.78, 5) is 20.5. The number of allylic oxidation sites excluding steroid dienone is 1. The minimum Gasteiger partial charge on any atom is -0.466 e. The van der Waals surface area contributed by atoms with Gasteiger partial charge in [0.15, 0.2) is 5.17 Å². The van der Waals surface area contributed by atoms with Crippen LogP contribution in [-0.4, -0.2) is 18.2 Å². The summed E-state index contributed by atoms with van der Waals surface area (Å²) in [5, 5.41) is 0.888. The van der Waals surface area contributed by atoms with Crippen LogP contribution in [0.5, 0.6) is 0 Å². The Bertz CT molecular complexity index is 921. The second kappa shape index (κ2) is 6.35. The number of thioether (sulfide) groups is 1. The monoisotopic (exact) mass is 414 g/mol. The number of ether oxygens (including phenoxy) is 1. The molecule has 2 aliphatic heterocycles. The smallest absolute Gasteiger partial charge is 0.338 e. The van der Waals surface area contributed by atoms with Crippen LogP contribution in [0, 0.1) is 0 Å². The molecular formula is C19H15BrN2O2S. The second-order valence-corrected chi connectivity index (χ2v) is 7.70. The van der Waals surface area contributed by atoms with Crippen molar-refractivity contribution in [1.29, 1.82) is 0 Å². The molecule has 0 aliphatic carbocycles. The van der Waals surface area contributed by atoms with Gasteiger partial charge >= 0.3 is 5.97 Å². The van der Waals surface area contributed by atoms with Crippen molar-refractivity contribution in [3.8, 4) is 0 Å². The van der Waals surface area contributed by atoms with Gasteiger partial charge < -0.3 is 9.64 Å². The largest absolute Gasteiger partial charge is 0.466 e. The first kappa shape index (κ1) is 16.4. The summed E-state index contributed by atoms with van der Waals surface area (Å²) in [6.45, 7) is 1.87. The number of nitrogens with zero attached hydrogens (tertiary/aromatic N) is 2. The molecule has 0 aromatic heterocycles. The maximum atomic E-state index is 12.5. The van der Waals surface area contributed by atoms with Crippen molar-refractivity contribution in [2.75, 3.05) is 12.0 Å². The number of aliphatic imine (C=N–C) groups is 1. The van der Waals surface area contributed by atoms with Gasteiger partial charge in [0.25, 0.3) is 0 Å². The fourth-order valence-corrected chi connectivity index (χ4v) is 4.54. The van der Waals surface area contributed by atoms with Gasteiger partial charge in [-0.05, 0) is 48.5 Å². The number of hydrogen-bond acceptors (Lipinski definition) is 5. The SMILES string of the molecule is COC(=O)C1=C(C)N=C2Sc3ccccc3N2C1c1ccc(Br)cc1. The maximum absolute atomic E-state index is 12.5. The highest BCUT2D eigenvalue weighted by molar-refractivity contribution is 9.10. The van der Waals surface area contributed by atoms with Gasteiger partial charge in [0, 0.05) is 9.37 Å². The van der Waals surface area contributed by atoms with Crippen molar-refractivity contribution >= 4 is 44.5 Å². The highest BCUT2D eigenvalue weighted by atomic mass is 79.9. The van der Waals surface area contributed by atoms with Crippen LogP contribution in [0.4, 0.5) is 5.69 Å². The predicted octanol–water partition coefficient (Wildman–Crippen LogP) is 4.92. The molecule has 0 saturated carbocycles. The number of hydrogen-bond donors (Lipinski definition) is 0. The summed E-state index contributed by atoms with van der Waals surface area (Å²) in [7, 11) is 1.41. The second-order valence-electron chi connectivity index (χ2n) is 5.78. The molecule has 6 heteroatoms. The zero-order valence-electron chi connectivity index (χ0n) is 13.7. The lowest BCUT2D eigenvalue weighted by Crippen LogP contribution is -2.37. The molecule has 4 nitrogen and oxygen atoms in total. The average Bonchev–Trinajstić information content (AvgIpc) is 2.98. The predicted molar refractivity (Wildman–Crippen MR) is 104 cm³/mol. The summed E-state index contributed by atoms with van der Waals surface area (Å²) in [5.41, 5.74) is 3.36. The van der Waals surface area contributed by atoms with E-state index >= 15 is 0 Å². The molecule has 0 amide bonds. The lowest BCUT2D eigenvalue weighted by molar-refractivity contribution is -0.136. The quantitative estimate of drug-likeness (QED) is 0.653. The summed E-state index contributed by atoms with van der Waals surface area (Å²) in [6.07, 6.45) is 0. The third-order valence-corrected chi connectivity index (χ3v) is 5.87. The number of methoxy groups -OCH3 is 1. The highest BCUT2D eigenvalue weighted by Gasteiger charge is 2.41. The van der Waals surface area contributed by atoms with E-state index in [-0.39, 0.29) is 12.0 Å². The molecule has 0 bridgehead atoms. The average molecular weight is 415 g/mol. The number of fused-ring (bicyclic) bond motifs is 3. The Labute approximate surface area is 158 Å². The Kier molecular flexibility index (Phi) is 4.17. The van der Waals surface area contributed by atoms with E-state index in [1.165, 1.54) is 7.11 Å². The number of amidine groups is 1. The third-order valence-electron chi connectivity index (χ3n) is 4.31.